The number of nitrogens with zero attached hydrogens (tertiary/aromatic N) is 1. The molecule has 0 saturated carbocycles. The van der Waals surface area contributed by atoms with E-state index in [2.05, 4.69) is 37.5 Å². The van der Waals surface area contributed by atoms with Gasteiger partial charge in [-0.25, -0.2) is 0 Å². The Morgan fingerprint density at radius 1 is 1.62 bits per heavy atom. The summed E-state index contributed by atoms with van der Waals surface area (Å²) in [6.45, 7) is 11.9. The molecule has 0 aromatic heterocycles. The zero-order valence-electron chi connectivity index (χ0n) is 10.6. The molecular formula is C13H15Li2N. The van der Waals surface area contributed by atoms with Gasteiger partial charge in [-0.2, -0.15) is 35.2 Å². The summed E-state index contributed by atoms with van der Waals surface area (Å²) in [5.41, 5.74) is 3.79. The van der Waals surface area contributed by atoms with Crippen LogP contribution in [0.5, 0.6) is 0 Å². The smallest absolute Gasteiger partial charge is 0.393 e. The maximum atomic E-state index is 4.16. The molecule has 0 fully saturated rings. The van der Waals surface area contributed by atoms with Crippen LogP contribution in [0, 0.1) is 19.9 Å². The van der Waals surface area contributed by atoms with Gasteiger partial charge in [0.1, 0.15) is 0 Å². The van der Waals surface area contributed by atoms with E-state index in [4.69, 9.17) is 0 Å². The maximum absolute atomic E-state index is 4.16. The minimum Gasteiger partial charge on any atom is -0.393 e. The van der Waals surface area contributed by atoms with Gasteiger partial charge in [0.05, 0.1) is 0 Å². The Hall–Kier alpha value is -0.0452. The van der Waals surface area contributed by atoms with Crippen molar-refractivity contribution in [2.24, 2.45) is 0 Å². The van der Waals surface area contributed by atoms with Gasteiger partial charge in [0, 0.05) is 6.54 Å². The van der Waals surface area contributed by atoms with Gasteiger partial charge in [-0.15, -0.1) is 6.58 Å². The molecular weight excluding hydrogens is 184 g/mol. The molecule has 74 valence electrons. The van der Waals surface area contributed by atoms with Crippen LogP contribution in [0.2, 0.25) is 0 Å². The zero-order valence-corrected chi connectivity index (χ0v) is 10.6. The molecule has 1 aromatic rings. The Kier molecular flexibility index (Phi) is 6.61. The van der Waals surface area contributed by atoms with Crippen LogP contribution >= 0.6 is 0 Å². The topological polar surface area (TPSA) is 3.24 Å². The van der Waals surface area contributed by atoms with Gasteiger partial charge in [-0.1, -0.05) is 18.7 Å². The third-order valence-corrected chi connectivity index (χ3v) is 2.64. The summed E-state index contributed by atoms with van der Waals surface area (Å²) in [5, 5.41) is 0. The van der Waals surface area contributed by atoms with Gasteiger partial charge in [-0.05, 0) is 6.54 Å². The minimum atomic E-state index is 0. The second-order valence-corrected chi connectivity index (χ2v) is 3.87. The Morgan fingerprint density at radius 2 is 2.31 bits per heavy atom. The van der Waals surface area contributed by atoms with E-state index in [-0.39, 0.29) is 37.7 Å². The molecule has 16 heavy (non-hydrogen) atoms. The van der Waals surface area contributed by atoms with E-state index in [1.807, 2.05) is 12.1 Å². The molecule has 1 aromatic carbocycles. The number of benzene rings is 1. The minimum absolute atomic E-state index is 0. The Morgan fingerprint density at radius 3 is 2.94 bits per heavy atom. The van der Waals surface area contributed by atoms with Gasteiger partial charge < -0.3 is 11.8 Å². The molecule has 0 radical (unpaired) electrons. The molecule has 3 heteroatoms. The molecule has 0 aliphatic carbocycles. The third kappa shape index (κ3) is 3.00. The number of rotatable bonds is 2. The first-order valence-electron chi connectivity index (χ1n) is 4.93. The van der Waals surface area contributed by atoms with E-state index in [1.54, 1.807) is 0 Å². The SMILES string of the molecule is C=CCN1CC([CH2-])c2cc(C)c[c-]c21.[Li+].[Li+]. The fourth-order valence-corrected chi connectivity index (χ4v) is 1.98. The number of fused-ring (bicyclic) bond motifs is 1. The molecule has 2 rings (SSSR count). The van der Waals surface area contributed by atoms with Crippen molar-refractivity contribution in [3.8, 4) is 0 Å². The molecule has 1 aliphatic rings. The van der Waals surface area contributed by atoms with E-state index < -0.39 is 0 Å². The van der Waals surface area contributed by atoms with Crippen molar-refractivity contribution in [1.29, 1.82) is 0 Å². The molecule has 1 unspecified atom stereocenters. The summed E-state index contributed by atoms with van der Waals surface area (Å²) < 4.78 is 0. The Labute approximate surface area is 123 Å². The summed E-state index contributed by atoms with van der Waals surface area (Å²) in [5.74, 6) is 0.376. The summed E-state index contributed by atoms with van der Waals surface area (Å²) in [6, 6.07) is 7.57. The van der Waals surface area contributed by atoms with Crippen molar-refractivity contribution in [2.75, 3.05) is 18.0 Å². The van der Waals surface area contributed by atoms with Gasteiger partial charge >= 0.3 is 37.7 Å². The largest absolute Gasteiger partial charge is 1.00 e. The monoisotopic (exact) mass is 199 g/mol. The number of hydrogen-bond donors (Lipinski definition) is 0. The molecule has 1 heterocycles. The molecule has 0 saturated heterocycles. The Balaban J connectivity index is 0.00000112. The first kappa shape index (κ1) is 16.0. The van der Waals surface area contributed by atoms with Crippen molar-refractivity contribution < 1.29 is 37.7 Å². The predicted molar refractivity (Wildman–Crippen MR) is 60.5 cm³/mol. The number of aryl methyl sites for hydroxylation is 1. The maximum Gasteiger partial charge on any atom is 1.00 e. The normalized spacial score (nSPS) is 17.1. The van der Waals surface area contributed by atoms with E-state index in [0.29, 0.717) is 5.92 Å². The average Bonchev–Trinajstić information content (AvgIpc) is 2.44. The molecule has 0 spiro atoms. The predicted octanol–water partition coefficient (Wildman–Crippen LogP) is -3.27. The number of hydrogen-bond acceptors (Lipinski definition) is 1. The molecule has 1 nitrogen and oxygen atoms in total. The fourth-order valence-electron chi connectivity index (χ4n) is 1.98. The van der Waals surface area contributed by atoms with Crippen molar-refractivity contribution >= 4 is 5.69 Å². The van der Waals surface area contributed by atoms with Crippen LogP contribution in [-0.2, 0) is 0 Å². The molecule has 0 amide bonds. The third-order valence-electron chi connectivity index (χ3n) is 2.64. The van der Waals surface area contributed by atoms with Crippen LogP contribution in [0.25, 0.3) is 0 Å². The summed E-state index contributed by atoms with van der Waals surface area (Å²) in [7, 11) is 0. The number of anilines is 1. The second-order valence-electron chi connectivity index (χ2n) is 3.87. The quantitative estimate of drug-likeness (QED) is 0.274. The molecule has 0 N–H and O–H groups in total. The Bertz CT molecular complexity index is 363. The van der Waals surface area contributed by atoms with E-state index in [0.717, 1.165) is 13.1 Å². The first-order chi connectivity index (χ1) is 6.72. The molecule has 0 bridgehead atoms. The summed E-state index contributed by atoms with van der Waals surface area (Å²) in [6.07, 6.45) is 1.93. The van der Waals surface area contributed by atoms with Crippen molar-refractivity contribution in [2.45, 2.75) is 12.8 Å². The van der Waals surface area contributed by atoms with Crippen LogP contribution in [-0.4, -0.2) is 13.1 Å². The fraction of sp³-hybridized carbons (Fsp3) is 0.308. The van der Waals surface area contributed by atoms with Crippen molar-refractivity contribution in [1.82, 2.24) is 0 Å². The summed E-state index contributed by atoms with van der Waals surface area (Å²) >= 11 is 0. The molecule has 1 aliphatic heterocycles. The van der Waals surface area contributed by atoms with Crippen LogP contribution in [0.3, 0.4) is 0 Å². The standard InChI is InChI=1S/C13H15N.2Li/c1-4-7-14-9-11(3)12-8-10(2)5-6-13(12)14;;/h4-5,8,11H,1,3,7,9H2,2H3;;/q-2;2*+1. The first-order valence-corrected chi connectivity index (χ1v) is 4.93. The van der Waals surface area contributed by atoms with Gasteiger partial charge in [0.25, 0.3) is 0 Å². The van der Waals surface area contributed by atoms with E-state index >= 15 is 0 Å². The molecule has 1 atom stereocenters. The zero-order chi connectivity index (χ0) is 10.1. The van der Waals surface area contributed by atoms with Crippen LogP contribution in [0.4, 0.5) is 5.69 Å². The van der Waals surface area contributed by atoms with Gasteiger partial charge in [0.15, 0.2) is 0 Å². The van der Waals surface area contributed by atoms with Crippen LogP contribution in [0.1, 0.15) is 17.0 Å². The van der Waals surface area contributed by atoms with E-state index in [1.165, 1.54) is 16.8 Å². The van der Waals surface area contributed by atoms with Crippen molar-refractivity contribution in [3.05, 3.63) is 48.9 Å². The van der Waals surface area contributed by atoms with Crippen LogP contribution < -0.4 is 42.6 Å². The van der Waals surface area contributed by atoms with Crippen molar-refractivity contribution in [3.63, 3.8) is 0 Å². The second kappa shape index (κ2) is 6.63. The van der Waals surface area contributed by atoms with Crippen LogP contribution in [0.15, 0.2) is 24.8 Å². The van der Waals surface area contributed by atoms with Gasteiger partial charge in [0.2, 0.25) is 0 Å². The average molecular weight is 199 g/mol. The van der Waals surface area contributed by atoms with Gasteiger partial charge in [-0.3, -0.25) is 0 Å². The van der Waals surface area contributed by atoms with E-state index in [9.17, 15) is 0 Å². The summed E-state index contributed by atoms with van der Waals surface area (Å²) in [4.78, 5) is 2.28.